The van der Waals surface area contributed by atoms with Crippen molar-refractivity contribution in [3.05, 3.63) is 29.8 Å². The summed E-state index contributed by atoms with van der Waals surface area (Å²) < 4.78 is 0. The van der Waals surface area contributed by atoms with Gasteiger partial charge in [-0.15, -0.1) is 12.4 Å². The van der Waals surface area contributed by atoms with Crippen molar-refractivity contribution in [2.75, 3.05) is 18.0 Å². The first-order chi connectivity index (χ1) is 8.18. The van der Waals surface area contributed by atoms with Crippen molar-refractivity contribution < 1.29 is 4.79 Å². The Morgan fingerprint density at radius 3 is 2.83 bits per heavy atom. The molecule has 1 heterocycles. The van der Waals surface area contributed by atoms with Gasteiger partial charge in [-0.05, 0) is 17.5 Å². The third-order valence-electron chi connectivity index (χ3n) is 2.99. The van der Waals surface area contributed by atoms with Crippen LogP contribution < -0.4 is 10.2 Å². The third kappa shape index (κ3) is 3.47. The molecule has 1 aliphatic heterocycles. The molecule has 3 nitrogen and oxygen atoms in total. The number of anilines is 1. The van der Waals surface area contributed by atoms with Crippen LogP contribution in [0, 0.1) is 5.92 Å². The van der Waals surface area contributed by atoms with E-state index in [1.54, 1.807) is 0 Å². The van der Waals surface area contributed by atoms with Crippen molar-refractivity contribution in [3.8, 4) is 0 Å². The summed E-state index contributed by atoms with van der Waals surface area (Å²) in [4.78, 5) is 14.1. The van der Waals surface area contributed by atoms with Gasteiger partial charge in [0.15, 0.2) is 0 Å². The fraction of sp³-hybridized carbons (Fsp3) is 0.500. The molecule has 0 aromatic heterocycles. The van der Waals surface area contributed by atoms with Crippen molar-refractivity contribution in [1.29, 1.82) is 0 Å². The second kappa shape index (κ2) is 6.76. The van der Waals surface area contributed by atoms with E-state index in [-0.39, 0.29) is 18.3 Å². The molecule has 100 valence electrons. The molecule has 1 aromatic rings. The lowest BCUT2D eigenvalue weighted by molar-refractivity contribution is -0.119. The van der Waals surface area contributed by atoms with Gasteiger partial charge in [0.2, 0.25) is 5.91 Å². The molecule has 0 atom stereocenters. The molecule has 18 heavy (non-hydrogen) atoms. The Morgan fingerprint density at radius 2 is 2.11 bits per heavy atom. The van der Waals surface area contributed by atoms with Crippen LogP contribution in [0.25, 0.3) is 0 Å². The van der Waals surface area contributed by atoms with Crippen LogP contribution in [0.2, 0.25) is 0 Å². The molecule has 0 spiro atoms. The summed E-state index contributed by atoms with van der Waals surface area (Å²) in [6.07, 6.45) is 0.619. The van der Waals surface area contributed by atoms with Gasteiger partial charge in [0.1, 0.15) is 0 Å². The number of carbonyl (C=O) groups is 1. The molecule has 0 saturated carbocycles. The number of hydrogen-bond acceptors (Lipinski definition) is 2. The molecule has 0 radical (unpaired) electrons. The summed E-state index contributed by atoms with van der Waals surface area (Å²) in [7, 11) is 0. The monoisotopic (exact) mass is 268 g/mol. The van der Waals surface area contributed by atoms with Gasteiger partial charge in [0.25, 0.3) is 0 Å². The Morgan fingerprint density at radius 1 is 1.39 bits per heavy atom. The average Bonchev–Trinajstić information content (AvgIpc) is 2.50. The Balaban J connectivity index is 0.00000162. The van der Waals surface area contributed by atoms with Crippen molar-refractivity contribution in [3.63, 3.8) is 0 Å². The second-order valence-corrected chi connectivity index (χ2v) is 4.95. The molecular formula is C14H21ClN2O. The van der Waals surface area contributed by atoms with Gasteiger partial charge in [-0.1, -0.05) is 32.0 Å². The van der Waals surface area contributed by atoms with E-state index in [0.717, 1.165) is 25.3 Å². The highest BCUT2D eigenvalue weighted by molar-refractivity contribution is 5.94. The summed E-state index contributed by atoms with van der Waals surface area (Å²) in [6, 6.07) is 8.15. The minimum Gasteiger partial charge on any atom is -0.311 e. The van der Waals surface area contributed by atoms with Crippen molar-refractivity contribution in [2.45, 2.75) is 26.8 Å². The van der Waals surface area contributed by atoms with E-state index in [2.05, 4.69) is 25.2 Å². The van der Waals surface area contributed by atoms with Crippen LogP contribution >= 0.6 is 12.4 Å². The lowest BCUT2D eigenvalue weighted by Gasteiger charge is -2.23. The highest BCUT2D eigenvalue weighted by Gasteiger charge is 2.20. The minimum absolute atomic E-state index is 0. The number of benzene rings is 1. The molecule has 2 rings (SSSR count). The number of nitrogens with one attached hydrogen (secondary N) is 1. The van der Waals surface area contributed by atoms with Crippen LogP contribution in [0.3, 0.4) is 0 Å². The average molecular weight is 269 g/mol. The lowest BCUT2D eigenvalue weighted by atomic mass is 10.1. The van der Waals surface area contributed by atoms with Crippen LogP contribution in [-0.4, -0.2) is 19.0 Å². The number of fused-ring (bicyclic) bond motifs is 1. The highest BCUT2D eigenvalue weighted by atomic mass is 35.5. The first-order valence-corrected chi connectivity index (χ1v) is 6.27. The number of carbonyl (C=O) groups excluding carboxylic acids is 1. The Bertz CT molecular complexity index is 407. The Labute approximate surface area is 115 Å². The topological polar surface area (TPSA) is 32.3 Å². The number of nitrogens with zero attached hydrogens (tertiary/aromatic N) is 1. The van der Waals surface area contributed by atoms with Gasteiger partial charge in [-0.25, -0.2) is 0 Å². The summed E-state index contributed by atoms with van der Waals surface area (Å²) >= 11 is 0. The van der Waals surface area contributed by atoms with E-state index < -0.39 is 0 Å². The third-order valence-corrected chi connectivity index (χ3v) is 2.99. The van der Waals surface area contributed by atoms with Crippen LogP contribution in [0.15, 0.2) is 24.3 Å². The molecule has 1 N–H and O–H groups in total. The first-order valence-electron chi connectivity index (χ1n) is 6.27. The number of hydrogen-bond donors (Lipinski definition) is 1. The highest BCUT2D eigenvalue weighted by Crippen LogP contribution is 2.23. The normalized spacial score (nSPS) is 14.7. The molecule has 1 aromatic carbocycles. The fourth-order valence-corrected chi connectivity index (χ4v) is 2.18. The van der Waals surface area contributed by atoms with Crippen molar-refractivity contribution in [1.82, 2.24) is 5.32 Å². The molecule has 0 unspecified atom stereocenters. The van der Waals surface area contributed by atoms with E-state index in [0.29, 0.717) is 12.3 Å². The maximum atomic E-state index is 12.2. The van der Waals surface area contributed by atoms with Gasteiger partial charge < -0.3 is 10.2 Å². The van der Waals surface area contributed by atoms with Gasteiger partial charge in [0, 0.05) is 31.7 Å². The van der Waals surface area contributed by atoms with Gasteiger partial charge >= 0.3 is 0 Å². The van der Waals surface area contributed by atoms with Crippen molar-refractivity contribution >= 4 is 24.0 Å². The van der Waals surface area contributed by atoms with E-state index in [4.69, 9.17) is 0 Å². The van der Waals surface area contributed by atoms with E-state index in [9.17, 15) is 4.79 Å². The zero-order valence-corrected chi connectivity index (χ0v) is 11.8. The number of para-hydroxylation sites is 1. The van der Waals surface area contributed by atoms with Crippen LogP contribution in [0.4, 0.5) is 5.69 Å². The van der Waals surface area contributed by atoms with Crippen LogP contribution in [-0.2, 0) is 11.3 Å². The SMILES string of the molecule is CC(C)CC(=O)N1CCNCc2ccccc21.Cl. The smallest absolute Gasteiger partial charge is 0.227 e. The number of rotatable bonds is 2. The molecule has 1 amide bonds. The van der Waals surface area contributed by atoms with E-state index >= 15 is 0 Å². The molecule has 4 heteroatoms. The summed E-state index contributed by atoms with van der Waals surface area (Å²) in [5, 5.41) is 3.35. The molecule has 0 fully saturated rings. The molecule has 1 aliphatic rings. The summed E-state index contributed by atoms with van der Waals surface area (Å²) in [5.74, 6) is 0.641. The minimum atomic E-state index is 0. The Hall–Kier alpha value is -1.06. The first kappa shape index (κ1) is 15.0. The second-order valence-electron chi connectivity index (χ2n) is 4.95. The number of amides is 1. The van der Waals surface area contributed by atoms with Gasteiger partial charge in [-0.3, -0.25) is 4.79 Å². The van der Waals surface area contributed by atoms with E-state index in [1.807, 2.05) is 23.1 Å². The lowest BCUT2D eigenvalue weighted by Crippen LogP contribution is -2.35. The fourth-order valence-electron chi connectivity index (χ4n) is 2.18. The molecule has 0 aliphatic carbocycles. The van der Waals surface area contributed by atoms with Gasteiger partial charge in [-0.2, -0.15) is 0 Å². The molecule has 0 bridgehead atoms. The van der Waals surface area contributed by atoms with Gasteiger partial charge in [0.05, 0.1) is 0 Å². The zero-order chi connectivity index (χ0) is 12.3. The van der Waals surface area contributed by atoms with Crippen LogP contribution in [0.1, 0.15) is 25.8 Å². The quantitative estimate of drug-likeness (QED) is 0.894. The summed E-state index contributed by atoms with van der Waals surface area (Å²) in [6.45, 7) is 6.64. The van der Waals surface area contributed by atoms with Crippen LogP contribution in [0.5, 0.6) is 0 Å². The predicted molar refractivity (Wildman–Crippen MR) is 77.2 cm³/mol. The van der Waals surface area contributed by atoms with E-state index in [1.165, 1.54) is 5.56 Å². The standard InChI is InChI=1S/C14H20N2O.ClH/c1-11(2)9-14(17)16-8-7-15-10-12-5-3-4-6-13(12)16;/h3-6,11,15H,7-10H2,1-2H3;1H. The van der Waals surface area contributed by atoms with Crippen molar-refractivity contribution in [2.24, 2.45) is 5.92 Å². The number of halogens is 1. The Kier molecular flexibility index (Phi) is 5.63. The molecule has 0 saturated heterocycles. The maximum absolute atomic E-state index is 12.2. The molecular weight excluding hydrogens is 248 g/mol. The largest absolute Gasteiger partial charge is 0.311 e. The summed E-state index contributed by atoms with van der Waals surface area (Å²) in [5.41, 5.74) is 2.28. The zero-order valence-electron chi connectivity index (χ0n) is 11.0. The predicted octanol–water partition coefficient (Wildman–Crippen LogP) is 2.59. The maximum Gasteiger partial charge on any atom is 0.227 e.